The lowest BCUT2D eigenvalue weighted by atomic mass is 10.1. The van der Waals surface area contributed by atoms with Crippen molar-refractivity contribution in [2.75, 3.05) is 38.1 Å². The molecule has 0 aliphatic carbocycles. The van der Waals surface area contributed by atoms with Gasteiger partial charge in [0.15, 0.2) is 11.2 Å². The Morgan fingerprint density at radius 2 is 1.88 bits per heavy atom. The Kier molecular flexibility index (Phi) is 3.78. The van der Waals surface area contributed by atoms with Gasteiger partial charge in [-0.15, -0.1) is 0 Å². The molecule has 2 aromatic heterocycles. The van der Waals surface area contributed by atoms with Crippen LogP contribution in [-0.4, -0.2) is 43.1 Å². The first kappa shape index (κ1) is 14.9. The van der Waals surface area contributed by atoms with Gasteiger partial charge in [0.2, 0.25) is 0 Å². The molecule has 1 aliphatic heterocycles. The zero-order valence-corrected chi connectivity index (χ0v) is 13.6. The van der Waals surface area contributed by atoms with Crippen LogP contribution in [0.15, 0.2) is 57.9 Å². The van der Waals surface area contributed by atoms with Gasteiger partial charge in [-0.05, 0) is 37.4 Å². The van der Waals surface area contributed by atoms with E-state index in [1.165, 1.54) is 6.07 Å². The number of piperazine rings is 1. The summed E-state index contributed by atoms with van der Waals surface area (Å²) in [6, 6.07) is 12.9. The predicted molar refractivity (Wildman–Crippen MR) is 95.4 cm³/mol. The van der Waals surface area contributed by atoms with Gasteiger partial charge in [0.05, 0.1) is 5.39 Å². The van der Waals surface area contributed by atoms with E-state index < -0.39 is 0 Å². The van der Waals surface area contributed by atoms with E-state index in [-0.39, 0.29) is 5.43 Å². The van der Waals surface area contributed by atoms with E-state index in [1.54, 1.807) is 6.20 Å². The molecule has 5 heteroatoms. The lowest BCUT2D eigenvalue weighted by Gasteiger charge is -2.34. The molecule has 0 radical (unpaired) electrons. The van der Waals surface area contributed by atoms with Crippen LogP contribution in [-0.2, 0) is 0 Å². The summed E-state index contributed by atoms with van der Waals surface area (Å²) in [7, 11) is 2.13. The molecule has 1 aliphatic rings. The Hall–Kier alpha value is -2.66. The topological polar surface area (TPSA) is 49.6 Å². The van der Waals surface area contributed by atoms with Gasteiger partial charge < -0.3 is 14.2 Å². The number of pyridine rings is 1. The third-order valence-corrected chi connectivity index (χ3v) is 4.50. The number of hydrogen-bond donors (Lipinski definition) is 0. The average molecular weight is 321 g/mol. The van der Waals surface area contributed by atoms with Crippen LogP contribution in [0, 0.1) is 0 Å². The van der Waals surface area contributed by atoms with Crippen molar-refractivity contribution in [2.24, 2.45) is 0 Å². The van der Waals surface area contributed by atoms with Crippen molar-refractivity contribution in [3.63, 3.8) is 0 Å². The van der Waals surface area contributed by atoms with E-state index in [2.05, 4.69) is 21.8 Å². The predicted octanol–water partition coefficient (Wildman–Crippen LogP) is 2.61. The molecule has 0 amide bonds. The lowest BCUT2D eigenvalue weighted by molar-refractivity contribution is 0.313. The molecule has 1 aromatic carbocycles. The van der Waals surface area contributed by atoms with Crippen molar-refractivity contribution < 1.29 is 4.42 Å². The molecule has 1 fully saturated rings. The monoisotopic (exact) mass is 321 g/mol. The first-order valence-electron chi connectivity index (χ1n) is 8.13. The molecule has 24 heavy (non-hydrogen) atoms. The molecule has 0 N–H and O–H groups in total. The Morgan fingerprint density at radius 3 is 2.62 bits per heavy atom. The molecule has 1 saturated heterocycles. The molecule has 5 nitrogen and oxygen atoms in total. The number of fused-ring (bicyclic) bond motifs is 1. The van der Waals surface area contributed by atoms with E-state index in [1.807, 2.05) is 36.4 Å². The molecule has 4 rings (SSSR count). The zero-order chi connectivity index (χ0) is 16.5. The summed E-state index contributed by atoms with van der Waals surface area (Å²) in [5, 5.41) is 0.617. The fourth-order valence-electron chi connectivity index (χ4n) is 3.04. The third-order valence-electron chi connectivity index (χ3n) is 4.50. The minimum atomic E-state index is -0.0344. The fraction of sp³-hybridized carbons (Fsp3) is 0.263. The van der Waals surface area contributed by atoms with Crippen LogP contribution in [0.5, 0.6) is 0 Å². The summed E-state index contributed by atoms with van der Waals surface area (Å²) >= 11 is 0. The Morgan fingerprint density at radius 1 is 1.04 bits per heavy atom. The lowest BCUT2D eigenvalue weighted by Crippen LogP contribution is -2.44. The normalized spacial score (nSPS) is 15.8. The van der Waals surface area contributed by atoms with Crippen LogP contribution in [0.25, 0.3) is 22.4 Å². The number of likely N-dealkylation sites (N-methyl/N-ethyl adjacent to an activating group) is 1. The van der Waals surface area contributed by atoms with E-state index >= 15 is 0 Å². The van der Waals surface area contributed by atoms with Crippen molar-refractivity contribution in [1.29, 1.82) is 0 Å². The van der Waals surface area contributed by atoms with Crippen LogP contribution in [0.4, 0.5) is 5.69 Å². The molecule has 122 valence electrons. The molecule has 0 bridgehead atoms. The second-order valence-corrected chi connectivity index (χ2v) is 6.16. The number of nitrogens with zero attached hydrogens (tertiary/aromatic N) is 3. The third kappa shape index (κ3) is 2.78. The standard InChI is InChI=1S/C19H19N3O2/c1-21-8-10-22(11-9-21)14-5-6-18-15(12-14)17(23)13-19(24-18)16-4-2-3-7-20-16/h2-7,12-13H,8-11H2,1H3. The van der Waals surface area contributed by atoms with Gasteiger partial charge in [-0.1, -0.05) is 6.07 Å². The largest absolute Gasteiger partial charge is 0.454 e. The molecule has 0 spiro atoms. The number of hydrogen-bond acceptors (Lipinski definition) is 5. The summed E-state index contributed by atoms with van der Waals surface area (Å²) < 4.78 is 5.90. The van der Waals surface area contributed by atoms with Gasteiger partial charge in [-0.3, -0.25) is 9.78 Å². The van der Waals surface area contributed by atoms with Gasteiger partial charge in [-0.2, -0.15) is 0 Å². The Bertz CT molecular complexity index is 913. The van der Waals surface area contributed by atoms with Crippen LogP contribution in [0.2, 0.25) is 0 Å². The van der Waals surface area contributed by atoms with E-state index in [0.717, 1.165) is 31.9 Å². The van der Waals surface area contributed by atoms with Crippen molar-refractivity contribution in [2.45, 2.75) is 0 Å². The van der Waals surface area contributed by atoms with Crippen LogP contribution in [0.1, 0.15) is 0 Å². The van der Waals surface area contributed by atoms with Gasteiger partial charge in [0.1, 0.15) is 11.3 Å². The van der Waals surface area contributed by atoms with E-state index in [0.29, 0.717) is 22.4 Å². The highest BCUT2D eigenvalue weighted by Crippen LogP contribution is 2.24. The maximum absolute atomic E-state index is 12.5. The van der Waals surface area contributed by atoms with Crippen LogP contribution < -0.4 is 10.3 Å². The summed E-state index contributed by atoms with van der Waals surface area (Å²) in [4.78, 5) is 21.4. The van der Waals surface area contributed by atoms with E-state index in [4.69, 9.17) is 4.42 Å². The highest BCUT2D eigenvalue weighted by molar-refractivity contribution is 5.82. The first-order valence-corrected chi connectivity index (χ1v) is 8.13. The van der Waals surface area contributed by atoms with Gasteiger partial charge in [-0.25, -0.2) is 0 Å². The van der Waals surface area contributed by atoms with Crippen molar-refractivity contribution in [3.05, 3.63) is 58.9 Å². The summed E-state index contributed by atoms with van der Waals surface area (Å²) in [5.41, 5.74) is 2.31. The Balaban J connectivity index is 1.73. The minimum Gasteiger partial charge on any atom is -0.454 e. The second-order valence-electron chi connectivity index (χ2n) is 6.16. The quantitative estimate of drug-likeness (QED) is 0.726. The smallest absolute Gasteiger partial charge is 0.193 e. The summed E-state index contributed by atoms with van der Waals surface area (Å²) in [6.07, 6.45) is 1.69. The summed E-state index contributed by atoms with van der Waals surface area (Å²) in [6.45, 7) is 4.01. The number of rotatable bonds is 2. The molecule has 0 unspecified atom stereocenters. The summed E-state index contributed by atoms with van der Waals surface area (Å²) in [5.74, 6) is 0.500. The highest BCUT2D eigenvalue weighted by Gasteiger charge is 2.16. The van der Waals surface area contributed by atoms with Crippen LogP contribution in [0.3, 0.4) is 0 Å². The molecule has 0 atom stereocenters. The van der Waals surface area contributed by atoms with Crippen molar-refractivity contribution in [3.8, 4) is 11.5 Å². The molecule has 3 aromatic rings. The first-order chi connectivity index (χ1) is 11.7. The van der Waals surface area contributed by atoms with Gasteiger partial charge >= 0.3 is 0 Å². The number of benzene rings is 1. The number of anilines is 1. The molecule has 3 heterocycles. The van der Waals surface area contributed by atoms with Gasteiger partial charge in [0, 0.05) is 44.1 Å². The van der Waals surface area contributed by atoms with Crippen LogP contribution >= 0.6 is 0 Å². The molecule has 0 saturated carbocycles. The maximum atomic E-state index is 12.5. The highest BCUT2D eigenvalue weighted by atomic mass is 16.3. The average Bonchev–Trinajstić information content (AvgIpc) is 2.63. The minimum absolute atomic E-state index is 0.0344. The van der Waals surface area contributed by atoms with Crippen molar-refractivity contribution >= 4 is 16.7 Å². The zero-order valence-electron chi connectivity index (χ0n) is 13.6. The van der Waals surface area contributed by atoms with E-state index in [9.17, 15) is 4.79 Å². The molecular formula is C19H19N3O2. The Labute approximate surface area is 140 Å². The van der Waals surface area contributed by atoms with Gasteiger partial charge in [0.25, 0.3) is 0 Å². The SMILES string of the molecule is CN1CCN(c2ccc3oc(-c4ccccn4)cc(=O)c3c2)CC1. The molecular weight excluding hydrogens is 302 g/mol. The number of aromatic nitrogens is 1. The second kappa shape index (κ2) is 6.09. The fourth-order valence-corrected chi connectivity index (χ4v) is 3.04. The maximum Gasteiger partial charge on any atom is 0.193 e. The van der Waals surface area contributed by atoms with Crippen molar-refractivity contribution in [1.82, 2.24) is 9.88 Å².